The van der Waals surface area contributed by atoms with Gasteiger partial charge in [0, 0.05) is 12.6 Å². The molecule has 1 heterocycles. The first kappa shape index (κ1) is 16.5. The Bertz CT molecular complexity index is 637. The number of aliphatic hydroxyl groups is 1. The Kier molecular flexibility index (Phi) is 4.88. The van der Waals surface area contributed by atoms with E-state index in [4.69, 9.17) is 9.15 Å². The normalized spacial score (nSPS) is 15.4. The molecule has 1 aromatic heterocycles. The highest BCUT2D eigenvalue weighted by Gasteiger charge is 2.27. The molecule has 0 fully saturated rings. The second kappa shape index (κ2) is 6.50. The highest BCUT2D eigenvalue weighted by atomic mass is 19.1. The van der Waals surface area contributed by atoms with Crippen molar-refractivity contribution in [2.24, 2.45) is 0 Å². The lowest BCUT2D eigenvalue weighted by atomic mass is 10.0. The SMILES string of the molecule is COc1ccc([C@H](C)NC[C@](C)(O)c2ccc(C)o2)cc1F. The Morgan fingerprint density at radius 3 is 2.64 bits per heavy atom. The minimum Gasteiger partial charge on any atom is -0.494 e. The summed E-state index contributed by atoms with van der Waals surface area (Å²) in [4.78, 5) is 0. The lowest BCUT2D eigenvalue weighted by Gasteiger charge is -2.24. The fourth-order valence-corrected chi connectivity index (χ4v) is 2.23. The third-order valence-corrected chi connectivity index (χ3v) is 3.70. The smallest absolute Gasteiger partial charge is 0.165 e. The van der Waals surface area contributed by atoms with Gasteiger partial charge in [0.05, 0.1) is 7.11 Å². The first-order chi connectivity index (χ1) is 10.3. The van der Waals surface area contributed by atoms with Gasteiger partial charge in [-0.05, 0) is 50.6 Å². The van der Waals surface area contributed by atoms with Crippen molar-refractivity contribution < 1.29 is 18.7 Å². The zero-order valence-electron chi connectivity index (χ0n) is 13.3. The highest BCUT2D eigenvalue weighted by Crippen LogP contribution is 2.25. The van der Waals surface area contributed by atoms with Crippen molar-refractivity contribution in [3.8, 4) is 5.75 Å². The van der Waals surface area contributed by atoms with Gasteiger partial charge < -0.3 is 19.6 Å². The highest BCUT2D eigenvalue weighted by molar-refractivity contribution is 5.30. The van der Waals surface area contributed by atoms with Crippen LogP contribution in [0.1, 0.15) is 37.0 Å². The fourth-order valence-electron chi connectivity index (χ4n) is 2.23. The molecule has 0 saturated carbocycles. The van der Waals surface area contributed by atoms with Crippen LogP contribution in [0, 0.1) is 12.7 Å². The first-order valence-corrected chi connectivity index (χ1v) is 7.19. The molecule has 0 saturated heterocycles. The maximum absolute atomic E-state index is 13.7. The largest absolute Gasteiger partial charge is 0.494 e. The van der Waals surface area contributed by atoms with E-state index in [1.807, 2.05) is 19.9 Å². The van der Waals surface area contributed by atoms with E-state index in [0.29, 0.717) is 5.76 Å². The number of methoxy groups -OCH3 is 1. The molecular weight excluding hydrogens is 285 g/mol. The summed E-state index contributed by atoms with van der Waals surface area (Å²) in [5, 5.41) is 13.7. The molecule has 0 bridgehead atoms. The van der Waals surface area contributed by atoms with Gasteiger partial charge in [0.1, 0.15) is 17.1 Å². The van der Waals surface area contributed by atoms with E-state index in [-0.39, 0.29) is 18.3 Å². The van der Waals surface area contributed by atoms with Crippen LogP contribution in [0.25, 0.3) is 0 Å². The van der Waals surface area contributed by atoms with Crippen LogP contribution in [0.5, 0.6) is 5.75 Å². The number of hydrogen-bond donors (Lipinski definition) is 2. The van der Waals surface area contributed by atoms with Gasteiger partial charge in [-0.15, -0.1) is 0 Å². The molecule has 5 heteroatoms. The molecule has 0 amide bonds. The predicted molar refractivity (Wildman–Crippen MR) is 82.4 cm³/mol. The average Bonchev–Trinajstić information content (AvgIpc) is 2.92. The summed E-state index contributed by atoms with van der Waals surface area (Å²) < 4.78 is 24.1. The molecule has 0 aliphatic heterocycles. The van der Waals surface area contributed by atoms with E-state index in [1.165, 1.54) is 13.2 Å². The Balaban J connectivity index is 2.03. The van der Waals surface area contributed by atoms with E-state index < -0.39 is 11.4 Å². The van der Waals surface area contributed by atoms with E-state index in [1.54, 1.807) is 25.1 Å². The van der Waals surface area contributed by atoms with Crippen LogP contribution in [-0.2, 0) is 5.60 Å². The van der Waals surface area contributed by atoms with Gasteiger partial charge in [0.15, 0.2) is 11.6 Å². The zero-order valence-corrected chi connectivity index (χ0v) is 13.3. The summed E-state index contributed by atoms with van der Waals surface area (Å²) in [5.41, 5.74) is -0.349. The van der Waals surface area contributed by atoms with Crippen LogP contribution in [-0.4, -0.2) is 18.8 Å². The predicted octanol–water partition coefficient (Wildman–Crippen LogP) is 3.29. The summed E-state index contributed by atoms with van der Waals surface area (Å²) in [6.07, 6.45) is 0. The van der Waals surface area contributed by atoms with Crippen LogP contribution in [0.3, 0.4) is 0 Å². The van der Waals surface area contributed by atoms with Crippen LogP contribution in [0.15, 0.2) is 34.7 Å². The van der Waals surface area contributed by atoms with E-state index in [0.717, 1.165) is 11.3 Å². The van der Waals surface area contributed by atoms with Crippen molar-refractivity contribution in [1.29, 1.82) is 0 Å². The monoisotopic (exact) mass is 307 g/mol. The van der Waals surface area contributed by atoms with Crippen LogP contribution >= 0.6 is 0 Å². The Morgan fingerprint density at radius 1 is 1.36 bits per heavy atom. The third-order valence-electron chi connectivity index (χ3n) is 3.70. The fraction of sp³-hybridized carbons (Fsp3) is 0.412. The molecule has 22 heavy (non-hydrogen) atoms. The maximum Gasteiger partial charge on any atom is 0.165 e. The number of ether oxygens (including phenoxy) is 1. The van der Waals surface area contributed by atoms with Crippen molar-refractivity contribution in [2.75, 3.05) is 13.7 Å². The van der Waals surface area contributed by atoms with Crippen molar-refractivity contribution in [3.63, 3.8) is 0 Å². The van der Waals surface area contributed by atoms with E-state index >= 15 is 0 Å². The van der Waals surface area contributed by atoms with Gasteiger partial charge in [-0.2, -0.15) is 0 Å². The molecule has 0 aliphatic rings. The quantitative estimate of drug-likeness (QED) is 0.860. The molecule has 2 rings (SSSR count). The van der Waals surface area contributed by atoms with Gasteiger partial charge in [0.2, 0.25) is 0 Å². The van der Waals surface area contributed by atoms with Gasteiger partial charge in [-0.25, -0.2) is 4.39 Å². The van der Waals surface area contributed by atoms with Crippen LogP contribution in [0.4, 0.5) is 4.39 Å². The average molecular weight is 307 g/mol. The van der Waals surface area contributed by atoms with Crippen molar-refractivity contribution in [2.45, 2.75) is 32.4 Å². The molecule has 0 unspecified atom stereocenters. The Morgan fingerprint density at radius 2 is 2.09 bits per heavy atom. The molecule has 0 aliphatic carbocycles. The van der Waals surface area contributed by atoms with Gasteiger partial charge in [0.25, 0.3) is 0 Å². The molecule has 0 radical (unpaired) electrons. The number of aryl methyl sites for hydroxylation is 1. The number of hydrogen-bond acceptors (Lipinski definition) is 4. The van der Waals surface area contributed by atoms with Crippen molar-refractivity contribution >= 4 is 0 Å². The van der Waals surface area contributed by atoms with Gasteiger partial charge in [-0.1, -0.05) is 6.07 Å². The standard InChI is InChI=1S/C17H22FNO3/c1-11-5-8-16(22-11)17(3,20)10-19-12(2)13-6-7-15(21-4)14(18)9-13/h5-9,12,19-20H,10H2,1-4H3/t12-,17-/m0/s1. The van der Waals surface area contributed by atoms with E-state index in [9.17, 15) is 9.50 Å². The molecule has 120 valence electrons. The number of benzene rings is 1. The maximum atomic E-state index is 13.7. The summed E-state index contributed by atoms with van der Waals surface area (Å²) in [6.45, 7) is 5.70. The van der Waals surface area contributed by atoms with Crippen molar-refractivity contribution in [1.82, 2.24) is 5.32 Å². The summed E-state index contributed by atoms with van der Waals surface area (Å²) in [5.74, 6) is 1.07. The molecule has 1 aromatic carbocycles. The second-order valence-corrected chi connectivity index (χ2v) is 5.68. The van der Waals surface area contributed by atoms with Gasteiger partial charge in [-0.3, -0.25) is 0 Å². The molecule has 2 aromatic rings. The topological polar surface area (TPSA) is 54.6 Å². The van der Waals surface area contributed by atoms with Gasteiger partial charge >= 0.3 is 0 Å². The third kappa shape index (κ3) is 3.67. The lowest BCUT2D eigenvalue weighted by Crippen LogP contribution is -2.36. The number of halogens is 1. The number of rotatable bonds is 6. The molecule has 2 N–H and O–H groups in total. The molecule has 4 nitrogen and oxygen atoms in total. The Hall–Kier alpha value is -1.85. The second-order valence-electron chi connectivity index (χ2n) is 5.68. The summed E-state index contributed by atoms with van der Waals surface area (Å²) in [6, 6.07) is 8.27. The Labute approximate surface area is 129 Å². The van der Waals surface area contributed by atoms with Crippen LogP contribution in [0.2, 0.25) is 0 Å². The first-order valence-electron chi connectivity index (χ1n) is 7.19. The zero-order chi connectivity index (χ0) is 16.3. The van der Waals surface area contributed by atoms with Crippen molar-refractivity contribution in [3.05, 3.63) is 53.2 Å². The van der Waals surface area contributed by atoms with Crippen LogP contribution < -0.4 is 10.1 Å². The summed E-state index contributed by atoms with van der Waals surface area (Å²) in [7, 11) is 1.43. The summed E-state index contributed by atoms with van der Waals surface area (Å²) >= 11 is 0. The molecule has 2 atom stereocenters. The molecule has 0 spiro atoms. The number of furan rings is 1. The number of nitrogens with one attached hydrogen (secondary N) is 1. The molecular formula is C17H22FNO3. The lowest BCUT2D eigenvalue weighted by molar-refractivity contribution is 0.0313. The van der Waals surface area contributed by atoms with E-state index in [2.05, 4.69) is 5.32 Å². The minimum absolute atomic E-state index is 0.122. The minimum atomic E-state index is -1.13.